The van der Waals surface area contributed by atoms with Crippen molar-refractivity contribution in [3.63, 3.8) is 0 Å². The third kappa shape index (κ3) is 4.17. The van der Waals surface area contributed by atoms with Crippen LogP contribution in [-0.4, -0.2) is 29.1 Å². The smallest absolute Gasteiger partial charge is 0.180 e. The molecule has 4 nitrogen and oxygen atoms in total. The molecule has 0 bridgehead atoms. The summed E-state index contributed by atoms with van der Waals surface area (Å²) in [5.74, 6) is 0. The molecule has 21 heavy (non-hydrogen) atoms. The standard InChI is InChI=1S/C15H19N3OS.ClH/c1-11-8-18(9-13-7-17-15(16)20-13)10-14(19-11)12-5-3-2-4-6-12;/h2-7,11,14H,8-10H2,1H3,(H2,16,17);1H. The second-order valence-corrected chi connectivity index (χ2v) is 6.35. The minimum absolute atomic E-state index is 0. The number of hydrogen-bond donors (Lipinski definition) is 1. The maximum atomic E-state index is 6.07. The molecule has 0 saturated carbocycles. The number of aromatic nitrogens is 1. The van der Waals surface area contributed by atoms with E-state index in [0.717, 1.165) is 19.6 Å². The molecule has 6 heteroatoms. The van der Waals surface area contributed by atoms with E-state index in [1.54, 1.807) is 11.3 Å². The number of nitrogens with two attached hydrogens (primary N) is 1. The maximum absolute atomic E-state index is 6.07. The number of nitrogen functional groups attached to an aromatic ring is 1. The Morgan fingerprint density at radius 1 is 1.33 bits per heavy atom. The monoisotopic (exact) mass is 325 g/mol. The van der Waals surface area contributed by atoms with Crippen molar-refractivity contribution in [1.29, 1.82) is 0 Å². The van der Waals surface area contributed by atoms with Crippen LogP contribution in [0, 0.1) is 0 Å². The van der Waals surface area contributed by atoms with Crippen LogP contribution in [0.25, 0.3) is 0 Å². The number of thiazole rings is 1. The second-order valence-electron chi connectivity index (χ2n) is 5.20. The Kier molecular flexibility index (Phi) is 5.58. The summed E-state index contributed by atoms with van der Waals surface area (Å²) in [7, 11) is 0. The van der Waals surface area contributed by atoms with E-state index in [-0.39, 0.29) is 24.6 Å². The van der Waals surface area contributed by atoms with Gasteiger partial charge in [-0.1, -0.05) is 30.3 Å². The molecule has 114 valence electrons. The Morgan fingerprint density at radius 3 is 2.76 bits per heavy atom. The molecular formula is C15H20ClN3OS. The highest BCUT2D eigenvalue weighted by Crippen LogP contribution is 2.27. The van der Waals surface area contributed by atoms with Crippen molar-refractivity contribution >= 4 is 28.9 Å². The molecule has 2 unspecified atom stereocenters. The molecule has 2 heterocycles. The van der Waals surface area contributed by atoms with Gasteiger partial charge in [-0.3, -0.25) is 4.90 Å². The van der Waals surface area contributed by atoms with Crippen molar-refractivity contribution in [3.8, 4) is 0 Å². The van der Waals surface area contributed by atoms with Crippen LogP contribution in [0.1, 0.15) is 23.5 Å². The number of halogens is 1. The van der Waals surface area contributed by atoms with Crippen molar-refractivity contribution in [3.05, 3.63) is 47.0 Å². The van der Waals surface area contributed by atoms with Gasteiger partial charge < -0.3 is 10.5 Å². The minimum atomic E-state index is 0. The van der Waals surface area contributed by atoms with Crippen LogP contribution >= 0.6 is 23.7 Å². The van der Waals surface area contributed by atoms with Crippen molar-refractivity contribution < 1.29 is 4.74 Å². The molecule has 1 aromatic carbocycles. The molecule has 1 aliphatic rings. The fourth-order valence-electron chi connectivity index (χ4n) is 2.64. The highest BCUT2D eigenvalue weighted by atomic mass is 35.5. The predicted octanol–water partition coefficient (Wildman–Crippen LogP) is 3.11. The summed E-state index contributed by atoms with van der Waals surface area (Å²) < 4.78 is 6.07. The minimum Gasteiger partial charge on any atom is -0.375 e. The van der Waals surface area contributed by atoms with Gasteiger partial charge in [-0.05, 0) is 12.5 Å². The summed E-state index contributed by atoms with van der Waals surface area (Å²) in [6, 6.07) is 10.4. The van der Waals surface area contributed by atoms with E-state index in [4.69, 9.17) is 10.5 Å². The Hall–Kier alpha value is -1.14. The second kappa shape index (κ2) is 7.22. The van der Waals surface area contributed by atoms with E-state index in [9.17, 15) is 0 Å². The van der Waals surface area contributed by atoms with Gasteiger partial charge in [0.05, 0.1) is 12.2 Å². The first kappa shape index (κ1) is 16.2. The average molecular weight is 326 g/mol. The molecule has 0 aliphatic carbocycles. The Morgan fingerprint density at radius 2 is 2.10 bits per heavy atom. The Balaban J connectivity index is 0.00000161. The van der Waals surface area contributed by atoms with Gasteiger partial charge in [-0.15, -0.1) is 23.7 Å². The fourth-order valence-corrected chi connectivity index (χ4v) is 3.36. The molecular weight excluding hydrogens is 306 g/mol. The van der Waals surface area contributed by atoms with Crippen molar-refractivity contribution in [2.24, 2.45) is 0 Å². The highest BCUT2D eigenvalue weighted by Gasteiger charge is 2.26. The summed E-state index contributed by atoms with van der Waals surface area (Å²) in [6.45, 7) is 4.88. The molecule has 2 N–H and O–H groups in total. The number of nitrogens with zero attached hydrogens (tertiary/aromatic N) is 2. The van der Waals surface area contributed by atoms with Gasteiger partial charge in [0.1, 0.15) is 0 Å². The SMILES string of the molecule is CC1CN(Cc2cnc(N)s2)CC(c2ccccc2)O1.Cl. The van der Waals surface area contributed by atoms with Gasteiger partial charge in [-0.2, -0.15) is 0 Å². The first-order valence-corrected chi connectivity index (χ1v) is 7.65. The zero-order chi connectivity index (χ0) is 13.9. The molecule has 1 fully saturated rings. The number of hydrogen-bond acceptors (Lipinski definition) is 5. The van der Waals surface area contributed by atoms with Crippen LogP contribution in [0.4, 0.5) is 5.13 Å². The van der Waals surface area contributed by atoms with E-state index in [1.165, 1.54) is 10.4 Å². The number of benzene rings is 1. The number of rotatable bonds is 3. The quantitative estimate of drug-likeness (QED) is 0.942. The van der Waals surface area contributed by atoms with E-state index in [2.05, 4.69) is 41.1 Å². The van der Waals surface area contributed by atoms with Crippen LogP contribution in [0.5, 0.6) is 0 Å². The summed E-state index contributed by atoms with van der Waals surface area (Å²) in [5, 5.41) is 0.640. The molecule has 0 spiro atoms. The molecule has 3 rings (SSSR count). The van der Waals surface area contributed by atoms with Gasteiger partial charge in [0.2, 0.25) is 0 Å². The van der Waals surface area contributed by atoms with Gasteiger partial charge >= 0.3 is 0 Å². The molecule has 0 amide bonds. The van der Waals surface area contributed by atoms with Crippen molar-refractivity contribution in [2.75, 3.05) is 18.8 Å². The lowest BCUT2D eigenvalue weighted by Gasteiger charge is -2.36. The van der Waals surface area contributed by atoms with Crippen LogP contribution in [0.15, 0.2) is 36.5 Å². The van der Waals surface area contributed by atoms with Crippen molar-refractivity contribution in [1.82, 2.24) is 9.88 Å². The van der Waals surface area contributed by atoms with Crippen LogP contribution < -0.4 is 5.73 Å². The Labute approximate surface area is 135 Å². The van der Waals surface area contributed by atoms with Gasteiger partial charge in [0, 0.05) is 30.7 Å². The lowest BCUT2D eigenvalue weighted by Crippen LogP contribution is -2.42. The molecule has 2 aromatic rings. The third-order valence-corrected chi connectivity index (χ3v) is 4.27. The largest absolute Gasteiger partial charge is 0.375 e. The molecule has 1 aromatic heterocycles. The molecule has 0 radical (unpaired) electrons. The lowest BCUT2D eigenvalue weighted by molar-refractivity contribution is -0.0811. The van der Waals surface area contributed by atoms with Gasteiger partial charge in [0.15, 0.2) is 5.13 Å². The first-order valence-electron chi connectivity index (χ1n) is 6.83. The summed E-state index contributed by atoms with van der Waals surface area (Å²) >= 11 is 1.56. The number of morpholine rings is 1. The van der Waals surface area contributed by atoms with E-state index in [0.29, 0.717) is 5.13 Å². The van der Waals surface area contributed by atoms with E-state index in [1.807, 2.05) is 12.3 Å². The topological polar surface area (TPSA) is 51.4 Å². The zero-order valence-electron chi connectivity index (χ0n) is 11.9. The van der Waals surface area contributed by atoms with Crippen molar-refractivity contribution in [2.45, 2.75) is 25.7 Å². The molecule has 1 aliphatic heterocycles. The Bertz CT molecular complexity index is 563. The van der Waals surface area contributed by atoms with Crippen LogP contribution in [0.2, 0.25) is 0 Å². The molecule has 1 saturated heterocycles. The summed E-state index contributed by atoms with van der Waals surface area (Å²) in [5.41, 5.74) is 6.94. The highest BCUT2D eigenvalue weighted by molar-refractivity contribution is 7.15. The first-order chi connectivity index (χ1) is 9.70. The maximum Gasteiger partial charge on any atom is 0.180 e. The van der Waals surface area contributed by atoms with Gasteiger partial charge in [-0.25, -0.2) is 4.98 Å². The predicted molar refractivity (Wildman–Crippen MR) is 88.8 cm³/mol. The average Bonchev–Trinajstić information content (AvgIpc) is 2.84. The van der Waals surface area contributed by atoms with Crippen LogP contribution in [-0.2, 0) is 11.3 Å². The molecule has 2 atom stereocenters. The third-order valence-electron chi connectivity index (χ3n) is 3.46. The van der Waals surface area contributed by atoms with Crippen LogP contribution in [0.3, 0.4) is 0 Å². The summed E-state index contributed by atoms with van der Waals surface area (Å²) in [6.07, 6.45) is 2.25. The number of ether oxygens (including phenoxy) is 1. The lowest BCUT2D eigenvalue weighted by atomic mass is 10.1. The summed E-state index contributed by atoms with van der Waals surface area (Å²) in [4.78, 5) is 7.74. The fraction of sp³-hybridized carbons (Fsp3) is 0.400. The van der Waals surface area contributed by atoms with Gasteiger partial charge in [0.25, 0.3) is 0 Å². The zero-order valence-corrected chi connectivity index (χ0v) is 13.6. The normalized spacial score (nSPS) is 22.7. The van der Waals surface area contributed by atoms with E-state index >= 15 is 0 Å². The van der Waals surface area contributed by atoms with E-state index < -0.39 is 0 Å². The number of anilines is 1.